The summed E-state index contributed by atoms with van der Waals surface area (Å²) in [6.45, 7) is 13.4. The number of carboxylic acid groups (broad SMARTS) is 1. The van der Waals surface area contributed by atoms with Gasteiger partial charge in [0, 0.05) is 0 Å². The zero-order valence-electron chi connectivity index (χ0n) is 20.7. The van der Waals surface area contributed by atoms with Crippen LogP contribution < -0.4 is 9.67 Å². The fraction of sp³-hybridized carbons (Fsp3) is 0.481. The Hall–Kier alpha value is -1.84. The van der Waals surface area contributed by atoms with Crippen molar-refractivity contribution in [1.29, 1.82) is 0 Å². The van der Waals surface area contributed by atoms with Crippen molar-refractivity contribution in [2.75, 3.05) is 5.32 Å². The van der Waals surface area contributed by atoms with Gasteiger partial charge in [0.25, 0.3) is 0 Å². The Bertz CT molecular complexity index is 1080. The van der Waals surface area contributed by atoms with Gasteiger partial charge in [-0.05, 0) is 0 Å². The summed E-state index contributed by atoms with van der Waals surface area (Å²) >= 11 is 0.420. The number of nitrogens with one attached hydrogen (secondary N) is 1. The number of hydrogen-bond donors (Lipinski definition) is 2. The van der Waals surface area contributed by atoms with Crippen LogP contribution in [0.15, 0.2) is 36.4 Å². The molecule has 0 bridgehead atoms. The summed E-state index contributed by atoms with van der Waals surface area (Å²) < 4.78 is 2.66. The molecule has 3 rings (SSSR count). The number of aliphatic carboxylic acids is 1. The first-order valence-corrected chi connectivity index (χ1v) is 16.3. The third-order valence-corrected chi connectivity index (χ3v) is 13.8. The van der Waals surface area contributed by atoms with Crippen LogP contribution in [-0.4, -0.2) is 30.7 Å². The molecule has 0 aliphatic rings. The van der Waals surface area contributed by atoms with E-state index < -0.39 is 20.6 Å². The van der Waals surface area contributed by atoms with Crippen LogP contribution in [-0.2, 0) is 4.79 Å². The second kappa shape index (κ2) is 11.5. The van der Waals surface area contributed by atoms with E-state index in [2.05, 4.69) is 81.3 Å². The third-order valence-electron chi connectivity index (χ3n) is 5.69. The van der Waals surface area contributed by atoms with Crippen molar-refractivity contribution in [3.8, 4) is 0 Å². The molecule has 3 aromatic rings. The van der Waals surface area contributed by atoms with E-state index in [1.54, 1.807) is 11.3 Å². The molecule has 2 aromatic carbocycles. The van der Waals surface area contributed by atoms with Gasteiger partial charge in [0.15, 0.2) is 0 Å². The van der Waals surface area contributed by atoms with Gasteiger partial charge in [-0.2, -0.15) is 0 Å². The van der Waals surface area contributed by atoms with Crippen LogP contribution in [0.5, 0.6) is 0 Å². The summed E-state index contributed by atoms with van der Waals surface area (Å²) in [6, 6.07) is 13.1. The molecule has 0 saturated carbocycles. The maximum absolute atomic E-state index is 11.4. The van der Waals surface area contributed by atoms with Gasteiger partial charge in [0.2, 0.25) is 0 Å². The van der Waals surface area contributed by atoms with Crippen LogP contribution in [0.3, 0.4) is 0 Å². The second-order valence-corrected chi connectivity index (χ2v) is 15.8. The third kappa shape index (κ3) is 7.07. The SMILES string of the molecule is CCC(CC(=O)O)c1ccc([As](CC(C)C)CC(C)C)c(Nc2ccc3nc(C)sc3c2)c1. The van der Waals surface area contributed by atoms with Crippen molar-refractivity contribution in [1.82, 2.24) is 4.98 Å². The fourth-order valence-electron chi connectivity index (χ4n) is 4.32. The Kier molecular flexibility index (Phi) is 9.01. The van der Waals surface area contributed by atoms with Gasteiger partial charge in [-0.3, -0.25) is 0 Å². The number of aryl methyl sites for hydroxylation is 1. The molecular weight excluding hydrogens is 491 g/mol. The molecule has 1 atom stereocenters. The van der Waals surface area contributed by atoms with Crippen LogP contribution in [0.2, 0.25) is 10.4 Å². The number of benzene rings is 2. The van der Waals surface area contributed by atoms with Crippen molar-refractivity contribution >= 4 is 57.9 Å². The van der Waals surface area contributed by atoms with Gasteiger partial charge >= 0.3 is 208 Å². The molecule has 6 heteroatoms. The number of rotatable bonds is 11. The zero-order valence-corrected chi connectivity index (χ0v) is 23.4. The normalized spacial score (nSPS) is 12.8. The van der Waals surface area contributed by atoms with Crippen molar-refractivity contribution in [3.63, 3.8) is 0 Å². The van der Waals surface area contributed by atoms with E-state index in [1.165, 1.54) is 25.2 Å². The molecule has 4 nitrogen and oxygen atoms in total. The van der Waals surface area contributed by atoms with E-state index in [4.69, 9.17) is 0 Å². The van der Waals surface area contributed by atoms with E-state index in [9.17, 15) is 9.90 Å². The number of carbonyl (C=O) groups is 1. The molecule has 0 aliphatic heterocycles. The fourth-order valence-corrected chi connectivity index (χ4v) is 11.6. The molecule has 178 valence electrons. The molecule has 2 N–H and O–H groups in total. The van der Waals surface area contributed by atoms with E-state index in [1.807, 2.05) is 6.92 Å². The Morgan fingerprint density at radius 2 is 1.79 bits per heavy atom. The Morgan fingerprint density at radius 3 is 2.39 bits per heavy atom. The summed E-state index contributed by atoms with van der Waals surface area (Å²) in [5.41, 5.74) is 4.39. The molecule has 33 heavy (non-hydrogen) atoms. The van der Waals surface area contributed by atoms with Gasteiger partial charge in [0.05, 0.1) is 0 Å². The molecule has 0 aliphatic carbocycles. The first kappa shape index (κ1) is 25.8. The Morgan fingerprint density at radius 1 is 1.09 bits per heavy atom. The van der Waals surface area contributed by atoms with E-state index in [0.29, 0.717) is 11.8 Å². The van der Waals surface area contributed by atoms with E-state index >= 15 is 0 Å². The molecule has 0 spiro atoms. The number of fused-ring (bicyclic) bond motifs is 1. The molecule has 0 amide bonds. The minimum atomic E-state index is -1.30. The first-order chi connectivity index (χ1) is 15.7. The molecule has 0 saturated heterocycles. The van der Waals surface area contributed by atoms with Crippen LogP contribution in [0.25, 0.3) is 10.2 Å². The number of hydrogen-bond acceptors (Lipinski definition) is 4. The monoisotopic (exact) mass is 528 g/mol. The zero-order chi connectivity index (χ0) is 24.1. The van der Waals surface area contributed by atoms with Crippen LogP contribution >= 0.6 is 11.3 Å². The predicted molar refractivity (Wildman–Crippen MR) is 144 cm³/mol. The van der Waals surface area contributed by atoms with Crippen LogP contribution in [0, 0.1) is 18.8 Å². The van der Waals surface area contributed by atoms with Crippen LogP contribution in [0.1, 0.15) is 63.9 Å². The molecule has 1 unspecified atom stereocenters. The van der Waals surface area contributed by atoms with Crippen molar-refractivity contribution in [2.24, 2.45) is 11.8 Å². The summed E-state index contributed by atoms with van der Waals surface area (Å²) in [5, 5.41) is 16.8. The number of nitrogens with zero attached hydrogens (tertiary/aromatic N) is 1. The molecular formula is C27H37AsN2O2S. The minimum absolute atomic E-state index is 0.0277. The summed E-state index contributed by atoms with van der Waals surface area (Å²) in [7, 11) is 0. The molecule has 0 radical (unpaired) electrons. The number of thiazole rings is 1. The summed E-state index contributed by atoms with van der Waals surface area (Å²) in [5.74, 6) is 0.630. The average molecular weight is 529 g/mol. The second-order valence-electron chi connectivity index (χ2n) is 9.71. The summed E-state index contributed by atoms with van der Waals surface area (Å²) in [6.07, 6.45) is 0.984. The van der Waals surface area contributed by atoms with Crippen molar-refractivity contribution < 1.29 is 9.90 Å². The van der Waals surface area contributed by atoms with Gasteiger partial charge < -0.3 is 0 Å². The van der Waals surface area contributed by atoms with E-state index in [-0.39, 0.29) is 12.3 Å². The Labute approximate surface area is 207 Å². The Balaban J connectivity index is 2.05. The van der Waals surface area contributed by atoms with Gasteiger partial charge in [-0.25, -0.2) is 0 Å². The average Bonchev–Trinajstić information content (AvgIpc) is 3.10. The van der Waals surface area contributed by atoms with Gasteiger partial charge in [-0.15, -0.1) is 0 Å². The standard InChI is InChI=1S/C27H37AsN2O2S/c1-7-20(13-27(31)32)21-8-10-23(28(15-17(2)3)16-18(4)5)25(12-21)30-22-9-11-24-26(14-22)33-19(6)29-24/h8-12,14,17-18,20,30H,7,13,15-16H2,1-6H3,(H,31,32). The molecule has 1 heterocycles. The van der Waals surface area contributed by atoms with Crippen LogP contribution in [0.4, 0.5) is 11.4 Å². The van der Waals surface area contributed by atoms with Crippen molar-refractivity contribution in [3.05, 3.63) is 47.0 Å². The number of aromatic nitrogens is 1. The molecule has 1 aromatic heterocycles. The van der Waals surface area contributed by atoms with Crippen molar-refractivity contribution in [2.45, 2.75) is 70.7 Å². The summed E-state index contributed by atoms with van der Waals surface area (Å²) in [4.78, 5) is 16.0. The first-order valence-electron chi connectivity index (χ1n) is 11.9. The van der Waals surface area contributed by atoms with Gasteiger partial charge in [-0.1, -0.05) is 0 Å². The van der Waals surface area contributed by atoms with E-state index in [0.717, 1.165) is 28.2 Å². The van der Waals surface area contributed by atoms with Gasteiger partial charge in [0.1, 0.15) is 0 Å². The molecule has 0 fully saturated rings. The quantitative estimate of drug-likeness (QED) is 0.256. The predicted octanol–water partition coefficient (Wildman–Crippen LogP) is 7.33. The topological polar surface area (TPSA) is 62.2 Å². The number of anilines is 2. The number of carboxylic acids is 1. The maximum atomic E-state index is 11.4.